The largest absolute Gasteiger partial charge is 0.416 e. The molecule has 3 aromatic rings. The van der Waals surface area contributed by atoms with Gasteiger partial charge in [-0.05, 0) is 41.8 Å². The molecule has 0 radical (unpaired) electrons. The van der Waals surface area contributed by atoms with Gasteiger partial charge in [-0.15, -0.1) is 11.3 Å². The molecule has 0 fully saturated rings. The van der Waals surface area contributed by atoms with Crippen molar-refractivity contribution in [1.82, 2.24) is 4.90 Å². The SMILES string of the molecule is N#Cc1c(NC(=O)c2ccc(C(F)(F)F)cc2)sc2c1CCN(Cc1ccccc1)C2. The maximum absolute atomic E-state index is 12.7. The van der Waals surface area contributed by atoms with E-state index in [0.29, 0.717) is 23.5 Å². The first-order valence-corrected chi connectivity index (χ1v) is 10.5. The fraction of sp³-hybridized carbons (Fsp3) is 0.217. The lowest BCUT2D eigenvalue weighted by atomic mass is 10.0. The van der Waals surface area contributed by atoms with Gasteiger partial charge in [-0.1, -0.05) is 30.3 Å². The van der Waals surface area contributed by atoms with Crippen LogP contribution in [0, 0.1) is 11.3 Å². The van der Waals surface area contributed by atoms with E-state index in [1.807, 2.05) is 18.2 Å². The molecule has 0 bridgehead atoms. The lowest BCUT2D eigenvalue weighted by Crippen LogP contribution is -2.29. The van der Waals surface area contributed by atoms with Crippen molar-refractivity contribution in [3.05, 3.63) is 87.3 Å². The van der Waals surface area contributed by atoms with E-state index < -0.39 is 17.6 Å². The van der Waals surface area contributed by atoms with Crippen LogP contribution in [0.1, 0.15) is 37.5 Å². The fourth-order valence-electron chi connectivity index (χ4n) is 3.63. The second-order valence-electron chi connectivity index (χ2n) is 7.30. The number of nitrogens with zero attached hydrogens (tertiary/aromatic N) is 2. The second kappa shape index (κ2) is 8.53. The number of anilines is 1. The summed E-state index contributed by atoms with van der Waals surface area (Å²) < 4.78 is 38.2. The van der Waals surface area contributed by atoms with Crippen LogP contribution in [-0.4, -0.2) is 17.4 Å². The van der Waals surface area contributed by atoms with Crippen LogP contribution in [0.2, 0.25) is 0 Å². The molecule has 0 saturated heterocycles. The normalized spacial score (nSPS) is 14.0. The molecule has 0 unspecified atom stereocenters. The van der Waals surface area contributed by atoms with E-state index in [0.717, 1.165) is 47.8 Å². The van der Waals surface area contributed by atoms with Crippen molar-refractivity contribution >= 4 is 22.2 Å². The molecule has 4 nitrogen and oxygen atoms in total. The highest BCUT2D eigenvalue weighted by Gasteiger charge is 2.30. The second-order valence-corrected chi connectivity index (χ2v) is 8.40. The molecule has 158 valence electrons. The zero-order valence-corrected chi connectivity index (χ0v) is 17.2. The van der Waals surface area contributed by atoms with Crippen molar-refractivity contribution in [3.8, 4) is 6.07 Å². The number of halogens is 3. The number of fused-ring (bicyclic) bond motifs is 1. The third-order valence-corrected chi connectivity index (χ3v) is 6.33. The molecule has 1 amide bonds. The van der Waals surface area contributed by atoms with Crippen molar-refractivity contribution in [1.29, 1.82) is 5.26 Å². The quantitative estimate of drug-likeness (QED) is 0.586. The molecule has 31 heavy (non-hydrogen) atoms. The maximum Gasteiger partial charge on any atom is 0.416 e. The van der Waals surface area contributed by atoms with E-state index in [1.165, 1.54) is 16.9 Å². The Labute approximate surface area is 181 Å². The molecule has 2 aromatic carbocycles. The summed E-state index contributed by atoms with van der Waals surface area (Å²) in [6, 6.07) is 16.3. The van der Waals surface area contributed by atoms with Crippen LogP contribution < -0.4 is 5.32 Å². The number of carbonyl (C=O) groups excluding carboxylic acids is 1. The minimum Gasteiger partial charge on any atom is -0.312 e. The summed E-state index contributed by atoms with van der Waals surface area (Å²) in [5.74, 6) is -0.537. The minimum absolute atomic E-state index is 0.106. The lowest BCUT2D eigenvalue weighted by molar-refractivity contribution is -0.137. The maximum atomic E-state index is 12.7. The Morgan fingerprint density at radius 2 is 1.84 bits per heavy atom. The van der Waals surface area contributed by atoms with E-state index in [4.69, 9.17) is 0 Å². The summed E-state index contributed by atoms with van der Waals surface area (Å²) in [5, 5.41) is 12.8. The highest BCUT2D eigenvalue weighted by molar-refractivity contribution is 7.16. The van der Waals surface area contributed by atoms with Crippen molar-refractivity contribution in [2.24, 2.45) is 0 Å². The molecule has 2 heterocycles. The summed E-state index contributed by atoms with van der Waals surface area (Å²) >= 11 is 1.36. The van der Waals surface area contributed by atoms with Gasteiger partial charge in [-0.2, -0.15) is 18.4 Å². The molecule has 0 saturated carbocycles. The number of hydrogen-bond donors (Lipinski definition) is 1. The van der Waals surface area contributed by atoms with E-state index in [2.05, 4.69) is 28.4 Å². The van der Waals surface area contributed by atoms with Crippen LogP contribution in [0.5, 0.6) is 0 Å². The van der Waals surface area contributed by atoms with Crippen LogP contribution in [-0.2, 0) is 25.7 Å². The smallest absolute Gasteiger partial charge is 0.312 e. The first kappa shape index (κ1) is 21.1. The predicted molar refractivity (Wildman–Crippen MR) is 113 cm³/mol. The summed E-state index contributed by atoms with van der Waals surface area (Å²) in [7, 11) is 0. The number of alkyl halides is 3. The molecule has 0 aliphatic carbocycles. The standard InChI is InChI=1S/C23H18F3N3OS/c24-23(25,26)17-8-6-16(7-9-17)21(30)28-22-19(12-27)18-10-11-29(14-20(18)31-22)13-15-4-2-1-3-5-15/h1-9H,10-11,13-14H2,(H,28,30). The molecule has 1 aliphatic rings. The number of thiophene rings is 1. The van der Waals surface area contributed by atoms with Crippen LogP contribution >= 0.6 is 11.3 Å². The number of carbonyl (C=O) groups is 1. The third-order valence-electron chi connectivity index (χ3n) is 5.20. The Balaban J connectivity index is 1.50. The highest BCUT2D eigenvalue weighted by Crippen LogP contribution is 2.37. The van der Waals surface area contributed by atoms with Gasteiger partial charge >= 0.3 is 6.18 Å². The number of nitrogens with one attached hydrogen (secondary N) is 1. The summed E-state index contributed by atoms with van der Waals surface area (Å²) in [6.07, 6.45) is -3.75. The summed E-state index contributed by atoms with van der Waals surface area (Å²) in [5.41, 5.74) is 1.89. The molecule has 4 rings (SSSR count). The first-order valence-electron chi connectivity index (χ1n) is 9.64. The molecule has 1 aliphatic heterocycles. The third kappa shape index (κ3) is 4.63. The number of nitriles is 1. The fourth-order valence-corrected chi connectivity index (χ4v) is 4.86. The Bertz CT molecular complexity index is 1130. The average Bonchev–Trinajstić information content (AvgIpc) is 3.10. The summed E-state index contributed by atoms with van der Waals surface area (Å²) in [4.78, 5) is 15.9. The summed E-state index contributed by atoms with van der Waals surface area (Å²) in [6.45, 7) is 2.28. The van der Waals surface area contributed by atoms with Crippen molar-refractivity contribution in [2.75, 3.05) is 11.9 Å². The van der Waals surface area contributed by atoms with Crippen LogP contribution in [0.4, 0.5) is 18.2 Å². The van der Waals surface area contributed by atoms with Gasteiger partial charge in [0.15, 0.2) is 0 Å². The molecule has 8 heteroatoms. The van der Waals surface area contributed by atoms with Gasteiger partial charge in [-0.25, -0.2) is 0 Å². The van der Waals surface area contributed by atoms with Crippen LogP contribution in [0.25, 0.3) is 0 Å². The minimum atomic E-state index is -4.46. The molecular formula is C23H18F3N3OS. The zero-order chi connectivity index (χ0) is 22.0. The lowest BCUT2D eigenvalue weighted by Gasteiger charge is -2.26. The number of rotatable bonds is 4. The van der Waals surface area contributed by atoms with Gasteiger partial charge in [-0.3, -0.25) is 9.69 Å². The Morgan fingerprint density at radius 1 is 1.13 bits per heavy atom. The van der Waals surface area contributed by atoms with E-state index in [-0.39, 0.29) is 5.56 Å². The van der Waals surface area contributed by atoms with Gasteiger partial charge in [0.05, 0.1) is 11.1 Å². The van der Waals surface area contributed by atoms with Gasteiger partial charge in [0.2, 0.25) is 0 Å². The zero-order valence-electron chi connectivity index (χ0n) is 16.4. The first-order chi connectivity index (χ1) is 14.8. The van der Waals surface area contributed by atoms with Crippen molar-refractivity contribution in [2.45, 2.75) is 25.7 Å². The van der Waals surface area contributed by atoms with E-state index >= 15 is 0 Å². The predicted octanol–water partition coefficient (Wildman–Crippen LogP) is 5.45. The number of amides is 1. The Morgan fingerprint density at radius 3 is 2.48 bits per heavy atom. The number of benzene rings is 2. The van der Waals surface area contributed by atoms with Gasteiger partial charge in [0.25, 0.3) is 5.91 Å². The monoisotopic (exact) mass is 441 g/mol. The van der Waals surface area contributed by atoms with E-state index in [9.17, 15) is 23.2 Å². The van der Waals surface area contributed by atoms with Crippen molar-refractivity contribution in [3.63, 3.8) is 0 Å². The molecular weight excluding hydrogens is 423 g/mol. The topological polar surface area (TPSA) is 56.1 Å². The Kier molecular flexibility index (Phi) is 5.81. The Hall–Kier alpha value is -3.15. The molecule has 0 spiro atoms. The van der Waals surface area contributed by atoms with E-state index in [1.54, 1.807) is 0 Å². The van der Waals surface area contributed by atoms with Crippen LogP contribution in [0.15, 0.2) is 54.6 Å². The van der Waals surface area contributed by atoms with Gasteiger partial charge in [0.1, 0.15) is 11.1 Å². The molecule has 1 aromatic heterocycles. The average molecular weight is 441 g/mol. The molecule has 1 N–H and O–H groups in total. The molecule has 0 atom stereocenters. The van der Waals surface area contributed by atoms with Crippen molar-refractivity contribution < 1.29 is 18.0 Å². The van der Waals surface area contributed by atoms with Crippen LogP contribution in [0.3, 0.4) is 0 Å². The highest BCUT2D eigenvalue weighted by atomic mass is 32.1. The number of hydrogen-bond acceptors (Lipinski definition) is 4. The van der Waals surface area contributed by atoms with Gasteiger partial charge in [0, 0.05) is 30.1 Å². The van der Waals surface area contributed by atoms with Gasteiger partial charge < -0.3 is 5.32 Å².